The minimum Gasteiger partial charge on any atom is -0.487 e. The Labute approximate surface area is 196 Å². The van der Waals surface area contributed by atoms with E-state index in [1.807, 2.05) is 24.3 Å². The summed E-state index contributed by atoms with van der Waals surface area (Å²) in [5.74, 6) is 0.883. The van der Waals surface area contributed by atoms with Crippen LogP contribution in [-0.4, -0.2) is 62.1 Å². The van der Waals surface area contributed by atoms with Crippen molar-refractivity contribution in [2.45, 2.75) is 45.1 Å². The smallest absolute Gasteiger partial charge is 0.469 e. The SMILES string of the molecule is CCCCCCC(COCCOCCOCCOP(=O)(O)O)Oc1cccc2ccccc12. The van der Waals surface area contributed by atoms with Crippen molar-refractivity contribution in [1.82, 2.24) is 0 Å². The van der Waals surface area contributed by atoms with Crippen LogP contribution in [0.15, 0.2) is 42.5 Å². The van der Waals surface area contributed by atoms with Gasteiger partial charge in [-0.15, -0.1) is 0 Å². The highest BCUT2D eigenvalue weighted by molar-refractivity contribution is 7.46. The number of hydrogen-bond acceptors (Lipinski definition) is 6. The van der Waals surface area contributed by atoms with Crippen LogP contribution in [0.5, 0.6) is 5.75 Å². The summed E-state index contributed by atoms with van der Waals surface area (Å²) in [4.78, 5) is 17.1. The van der Waals surface area contributed by atoms with E-state index in [1.54, 1.807) is 0 Å². The van der Waals surface area contributed by atoms with E-state index in [1.165, 1.54) is 19.3 Å². The van der Waals surface area contributed by atoms with E-state index < -0.39 is 7.82 Å². The number of unbranched alkanes of at least 4 members (excludes halogenated alkanes) is 3. The zero-order valence-corrected chi connectivity index (χ0v) is 20.3. The third-order valence-corrected chi connectivity index (χ3v) is 5.48. The molecule has 0 aliphatic rings. The van der Waals surface area contributed by atoms with Crippen molar-refractivity contribution in [2.75, 3.05) is 46.2 Å². The standard InChI is InChI=1S/C24H37O8P/c1-2-3-4-5-11-22(32-24-13-8-10-21-9-6-7-12-23(21)24)20-30-17-16-28-14-15-29-18-19-31-33(25,26)27/h6-10,12-13,22H,2-5,11,14-20H2,1H3,(H2,25,26,27). The molecule has 2 aromatic carbocycles. The zero-order chi connectivity index (χ0) is 23.8. The summed E-state index contributed by atoms with van der Waals surface area (Å²) in [6, 6.07) is 14.3. The van der Waals surface area contributed by atoms with E-state index in [4.69, 9.17) is 28.7 Å². The van der Waals surface area contributed by atoms with Crippen LogP contribution in [0.25, 0.3) is 10.8 Å². The summed E-state index contributed by atoms with van der Waals surface area (Å²) in [5.41, 5.74) is 0. The number of ether oxygens (including phenoxy) is 4. The largest absolute Gasteiger partial charge is 0.487 e. The lowest BCUT2D eigenvalue weighted by Crippen LogP contribution is -2.24. The second-order valence-corrected chi connectivity index (χ2v) is 8.93. The Hall–Kier alpha value is -1.51. The monoisotopic (exact) mass is 484 g/mol. The fourth-order valence-corrected chi connectivity index (χ4v) is 3.64. The predicted molar refractivity (Wildman–Crippen MR) is 128 cm³/mol. The van der Waals surface area contributed by atoms with Crippen LogP contribution >= 0.6 is 7.82 Å². The summed E-state index contributed by atoms with van der Waals surface area (Å²) in [6.07, 6.45) is 5.63. The molecule has 0 radical (unpaired) electrons. The maximum absolute atomic E-state index is 10.5. The Morgan fingerprint density at radius 1 is 0.818 bits per heavy atom. The molecule has 186 valence electrons. The van der Waals surface area contributed by atoms with Crippen LogP contribution in [0.2, 0.25) is 0 Å². The van der Waals surface area contributed by atoms with Crippen LogP contribution in [0.4, 0.5) is 0 Å². The maximum Gasteiger partial charge on any atom is 0.469 e. The molecule has 0 fully saturated rings. The van der Waals surface area contributed by atoms with Gasteiger partial charge < -0.3 is 28.7 Å². The molecule has 0 bridgehead atoms. The van der Waals surface area contributed by atoms with Gasteiger partial charge in [0.05, 0.1) is 46.2 Å². The van der Waals surface area contributed by atoms with Gasteiger partial charge in [0.2, 0.25) is 0 Å². The van der Waals surface area contributed by atoms with Crippen molar-refractivity contribution in [3.8, 4) is 5.75 Å². The fraction of sp³-hybridized carbons (Fsp3) is 0.583. The lowest BCUT2D eigenvalue weighted by atomic mass is 10.1. The van der Waals surface area contributed by atoms with Gasteiger partial charge in [0.25, 0.3) is 0 Å². The second kappa shape index (κ2) is 16.2. The van der Waals surface area contributed by atoms with Crippen molar-refractivity contribution in [3.05, 3.63) is 42.5 Å². The minimum absolute atomic E-state index is 0.0231. The predicted octanol–water partition coefficient (Wildman–Crippen LogP) is 4.72. The Morgan fingerprint density at radius 3 is 2.21 bits per heavy atom. The molecule has 2 N–H and O–H groups in total. The molecule has 0 aromatic heterocycles. The quantitative estimate of drug-likeness (QED) is 0.218. The number of phosphoric ester groups is 1. The highest BCUT2D eigenvalue weighted by Crippen LogP contribution is 2.35. The molecule has 2 rings (SSSR count). The van der Waals surface area contributed by atoms with Crippen LogP contribution in [-0.2, 0) is 23.3 Å². The van der Waals surface area contributed by atoms with Crippen molar-refractivity contribution in [3.63, 3.8) is 0 Å². The molecular formula is C24H37O8P. The number of rotatable bonds is 19. The Kier molecular flexibility index (Phi) is 13.6. The van der Waals surface area contributed by atoms with E-state index in [9.17, 15) is 4.57 Å². The molecule has 9 heteroatoms. The maximum atomic E-state index is 10.5. The van der Waals surface area contributed by atoms with Crippen LogP contribution in [0.1, 0.15) is 39.0 Å². The molecule has 1 unspecified atom stereocenters. The molecule has 0 amide bonds. The van der Waals surface area contributed by atoms with Crippen molar-refractivity contribution < 1.29 is 37.8 Å². The van der Waals surface area contributed by atoms with Crippen molar-refractivity contribution >= 4 is 18.6 Å². The van der Waals surface area contributed by atoms with E-state index in [-0.39, 0.29) is 19.3 Å². The van der Waals surface area contributed by atoms with E-state index in [0.29, 0.717) is 33.0 Å². The molecule has 33 heavy (non-hydrogen) atoms. The van der Waals surface area contributed by atoms with E-state index in [2.05, 4.69) is 29.6 Å². The lowest BCUT2D eigenvalue weighted by molar-refractivity contribution is -0.00935. The van der Waals surface area contributed by atoms with Gasteiger partial charge in [0, 0.05) is 5.39 Å². The third-order valence-electron chi connectivity index (χ3n) is 4.96. The third kappa shape index (κ3) is 12.5. The van der Waals surface area contributed by atoms with Crippen LogP contribution in [0.3, 0.4) is 0 Å². The lowest BCUT2D eigenvalue weighted by Gasteiger charge is -2.20. The molecule has 0 aliphatic carbocycles. The minimum atomic E-state index is -4.43. The summed E-state index contributed by atoms with van der Waals surface area (Å²) < 4.78 is 37.7. The van der Waals surface area contributed by atoms with Gasteiger partial charge in [0.1, 0.15) is 11.9 Å². The van der Waals surface area contributed by atoms with Gasteiger partial charge in [-0.3, -0.25) is 4.52 Å². The zero-order valence-electron chi connectivity index (χ0n) is 19.4. The van der Waals surface area contributed by atoms with Gasteiger partial charge >= 0.3 is 7.82 Å². The average Bonchev–Trinajstić information content (AvgIpc) is 2.79. The van der Waals surface area contributed by atoms with Gasteiger partial charge in [-0.1, -0.05) is 62.6 Å². The first-order valence-corrected chi connectivity index (χ1v) is 13.1. The summed E-state index contributed by atoms with van der Waals surface area (Å²) in [5, 5.41) is 2.26. The molecule has 0 aliphatic heterocycles. The first-order valence-electron chi connectivity index (χ1n) is 11.6. The number of phosphoric acid groups is 1. The topological polar surface area (TPSA) is 104 Å². The molecule has 0 saturated heterocycles. The highest BCUT2D eigenvalue weighted by atomic mass is 31.2. The van der Waals surface area contributed by atoms with E-state index >= 15 is 0 Å². The molecular weight excluding hydrogens is 447 g/mol. The molecule has 0 spiro atoms. The van der Waals surface area contributed by atoms with Gasteiger partial charge in [-0.25, -0.2) is 4.57 Å². The van der Waals surface area contributed by atoms with Crippen molar-refractivity contribution in [1.29, 1.82) is 0 Å². The molecule has 2 aromatic rings. The number of benzene rings is 2. The normalized spacial score (nSPS) is 12.8. The highest BCUT2D eigenvalue weighted by Gasteiger charge is 2.14. The molecule has 8 nitrogen and oxygen atoms in total. The second-order valence-electron chi connectivity index (χ2n) is 7.69. The fourth-order valence-electron chi connectivity index (χ4n) is 3.32. The first-order chi connectivity index (χ1) is 16.0. The summed E-state index contributed by atoms with van der Waals surface area (Å²) >= 11 is 0. The molecule has 0 saturated carbocycles. The van der Waals surface area contributed by atoms with Crippen LogP contribution < -0.4 is 4.74 Å². The Morgan fingerprint density at radius 2 is 1.48 bits per heavy atom. The Balaban J connectivity index is 1.67. The van der Waals surface area contributed by atoms with Crippen molar-refractivity contribution in [2.24, 2.45) is 0 Å². The van der Waals surface area contributed by atoms with Gasteiger partial charge in [-0.05, 0) is 24.3 Å². The summed E-state index contributed by atoms with van der Waals surface area (Å²) in [6.45, 7) is 4.19. The molecule has 1 atom stereocenters. The Bertz CT molecular complexity index is 820. The van der Waals surface area contributed by atoms with E-state index in [0.717, 1.165) is 29.4 Å². The summed E-state index contributed by atoms with van der Waals surface area (Å²) in [7, 11) is -4.43. The first kappa shape index (κ1) is 27.7. The number of fused-ring (bicyclic) bond motifs is 1. The molecule has 0 heterocycles. The van der Waals surface area contributed by atoms with Gasteiger partial charge in [0.15, 0.2) is 0 Å². The average molecular weight is 485 g/mol. The van der Waals surface area contributed by atoms with Gasteiger partial charge in [-0.2, -0.15) is 0 Å². The van der Waals surface area contributed by atoms with Crippen LogP contribution in [0, 0.1) is 0 Å². The number of hydrogen-bond donors (Lipinski definition) is 2.